The molecule has 2 atom stereocenters. The van der Waals surface area contributed by atoms with E-state index in [0.29, 0.717) is 12.8 Å². The minimum absolute atomic E-state index is 0. The number of allylic oxidation sites excluding steroid dienone is 1. The Balaban J connectivity index is 0. The second kappa shape index (κ2) is 33.2. The molecule has 42 heavy (non-hydrogen) atoms. The summed E-state index contributed by atoms with van der Waals surface area (Å²) in [6.07, 6.45) is 36.9. The van der Waals surface area contributed by atoms with Crippen LogP contribution in [0.2, 0.25) is 0 Å². The molecule has 252 valence electrons. The van der Waals surface area contributed by atoms with Gasteiger partial charge in [-0.1, -0.05) is 167 Å². The van der Waals surface area contributed by atoms with E-state index in [1.807, 2.05) is 6.08 Å². The van der Waals surface area contributed by atoms with E-state index in [1.165, 1.54) is 128 Å². The van der Waals surface area contributed by atoms with Gasteiger partial charge in [0.1, 0.15) is 0 Å². The zero-order valence-electron chi connectivity index (χ0n) is 28.1. The average Bonchev–Trinajstić information content (AvgIpc) is 2.93. The molecular formula is C34H71N2O5P. The summed E-state index contributed by atoms with van der Waals surface area (Å²) in [5.74, 6) is -0.0842. The van der Waals surface area contributed by atoms with E-state index in [9.17, 15) is 14.3 Å². The number of carbonyl (C=O) groups excluding carboxylic acids is 1. The summed E-state index contributed by atoms with van der Waals surface area (Å²) in [4.78, 5) is 32.5. The van der Waals surface area contributed by atoms with Crippen molar-refractivity contribution in [3.8, 4) is 0 Å². The standard InChI is InChI=1S/C34H68NO5P.H3N/c1-3-5-7-9-11-13-15-17-19-20-22-24-26-28-30-33(32-40-41(37,38)39)35-34(36)31-29-27-25-23-21-18-16-14-12-10-8-6-4-2;/h26,28,33H,3-25,27,29-32H2,1-2H3,(H,35,36)(H2,37,38,39);1H3/b28-26+;/t33-;/m1./s1. The van der Waals surface area contributed by atoms with Crippen molar-refractivity contribution in [1.29, 1.82) is 0 Å². The molecule has 0 bridgehead atoms. The first-order chi connectivity index (χ1) is 19.9. The van der Waals surface area contributed by atoms with Crippen molar-refractivity contribution in [3.63, 3.8) is 0 Å². The first-order valence-corrected chi connectivity index (χ1v) is 19.0. The monoisotopic (exact) mass is 619 g/mol. The predicted molar refractivity (Wildman–Crippen MR) is 179 cm³/mol. The molecule has 0 aromatic carbocycles. The number of carbonyl (C=O) groups is 1. The Hall–Kier alpha value is -0.720. The fourth-order valence-corrected chi connectivity index (χ4v) is 5.63. The van der Waals surface area contributed by atoms with E-state index in [2.05, 4.69) is 29.8 Å². The minimum atomic E-state index is -4.81. The van der Waals surface area contributed by atoms with Crippen LogP contribution < -0.4 is 16.4 Å². The van der Waals surface area contributed by atoms with E-state index < -0.39 is 13.9 Å². The molecule has 0 aliphatic heterocycles. The van der Waals surface area contributed by atoms with Crippen LogP contribution in [0, 0.1) is 0 Å². The molecule has 0 fully saturated rings. The van der Waals surface area contributed by atoms with Gasteiger partial charge in [0.15, 0.2) is 0 Å². The normalized spacial score (nSPS) is 13.6. The molecule has 1 amide bonds. The molecule has 0 aromatic rings. The lowest BCUT2D eigenvalue weighted by Crippen LogP contribution is -2.37. The van der Waals surface area contributed by atoms with Crippen molar-refractivity contribution in [2.75, 3.05) is 6.61 Å². The molecule has 0 spiro atoms. The Labute approximate surface area is 260 Å². The highest BCUT2D eigenvalue weighted by Gasteiger charge is 2.14. The molecule has 0 radical (unpaired) electrons. The molecular weight excluding hydrogens is 547 g/mol. The van der Waals surface area contributed by atoms with Crippen LogP contribution in [0.25, 0.3) is 0 Å². The Morgan fingerprint density at radius 3 is 1.48 bits per heavy atom. The third-order valence-corrected chi connectivity index (χ3v) is 8.35. The van der Waals surface area contributed by atoms with Gasteiger partial charge in [0.2, 0.25) is 5.91 Å². The Bertz CT molecular complexity index is 641. The summed E-state index contributed by atoms with van der Waals surface area (Å²) in [5, 5.41) is 2.89. The lowest BCUT2D eigenvalue weighted by molar-refractivity contribution is -0.220. The van der Waals surface area contributed by atoms with Crippen molar-refractivity contribution in [2.45, 2.75) is 193 Å². The number of hydrogen-bond donors (Lipinski definition) is 3. The highest BCUT2D eigenvalue weighted by molar-refractivity contribution is 7.44. The largest absolute Gasteiger partial charge is 0.756 e. The molecule has 0 aliphatic rings. The number of phosphoric acid groups is 1. The molecule has 0 heterocycles. The summed E-state index contributed by atoms with van der Waals surface area (Å²) in [7, 11) is -4.81. The fourth-order valence-electron chi connectivity index (χ4n) is 5.26. The van der Waals surface area contributed by atoms with Crippen LogP contribution in [0.4, 0.5) is 0 Å². The lowest BCUT2D eigenvalue weighted by atomic mass is 10.0. The van der Waals surface area contributed by atoms with Crippen molar-refractivity contribution >= 4 is 13.7 Å². The zero-order chi connectivity index (χ0) is 30.3. The van der Waals surface area contributed by atoms with E-state index >= 15 is 0 Å². The van der Waals surface area contributed by atoms with E-state index in [1.54, 1.807) is 0 Å². The Morgan fingerprint density at radius 2 is 1.07 bits per heavy atom. The van der Waals surface area contributed by atoms with Gasteiger partial charge in [-0.2, -0.15) is 0 Å². The van der Waals surface area contributed by atoms with Gasteiger partial charge in [0.05, 0.1) is 12.6 Å². The molecule has 0 aliphatic carbocycles. The van der Waals surface area contributed by atoms with E-state index in [-0.39, 0.29) is 18.7 Å². The maximum atomic E-state index is 12.4. The van der Waals surface area contributed by atoms with Crippen molar-refractivity contribution < 1.29 is 23.7 Å². The SMILES string of the molecule is CCCCCCCCCCCCC/C=C/C[C@H](COP(=O)([O-])O)NC(=O)CCCCCCCCCCCCCCC.[NH4+]. The van der Waals surface area contributed by atoms with Crippen LogP contribution in [0.15, 0.2) is 12.2 Å². The first kappa shape index (κ1) is 43.4. The Morgan fingerprint density at radius 1 is 0.690 bits per heavy atom. The number of nitrogens with one attached hydrogen (secondary N) is 1. The molecule has 6 N–H and O–H groups in total. The number of amides is 1. The smallest absolute Gasteiger partial charge is 0.265 e. The summed E-state index contributed by atoms with van der Waals surface area (Å²) in [6, 6.07) is -0.465. The second-order valence-corrected chi connectivity index (χ2v) is 13.2. The maximum Gasteiger partial charge on any atom is 0.265 e. The number of rotatable bonds is 32. The molecule has 7 nitrogen and oxygen atoms in total. The third kappa shape index (κ3) is 35.5. The number of unbranched alkanes of at least 4 members (excludes halogenated alkanes) is 23. The van der Waals surface area contributed by atoms with E-state index in [0.717, 1.165) is 32.1 Å². The zero-order valence-corrected chi connectivity index (χ0v) is 29.0. The van der Waals surface area contributed by atoms with Crippen LogP contribution in [-0.4, -0.2) is 23.4 Å². The molecule has 0 saturated heterocycles. The highest BCUT2D eigenvalue weighted by Crippen LogP contribution is 2.30. The third-order valence-electron chi connectivity index (χ3n) is 7.87. The van der Waals surface area contributed by atoms with Crippen molar-refractivity contribution in [2.24, 2.45) is 0 Å². The van der Waals surface area contributed by atoms with Crippen LogP contribution in [0.1, 0.15) is 187 Å². The molecule has 0 rings (SSSR count). The summed E-state index contributed by atoms with van der Waals surface area (Å²) in [6.45, 7) is 4.27. The minimum Gasteiger partial charge on any atom is -0.756 e. The van der Waals surface area contributed by atoms with Gasteiger partial charge in [-0.3, -0.25) is 9.36 Å². The predicted octanol–water partition coefficient (Wildman–Crippen LogP) is 10.5. The first-order valence-electron chi connectivity index (χ1n) is 17.5. The van der Waals surface area contributed by atoms with Gasteiger partial charge in [0.25, 0.3) is 7.82 Å². The topological polar surface area (TPSA) is 135 Å². The number of quaternary nitrogens is 1. The molecule has 0 saturated carbocycles. The van der Waals surface area contributed by atoms with Gasteiger partial charge in [-0.15, -0.1) is 0 Å². The Kier molecular flexibility index (Phi) is 34.3. The van der Waals surface area contributed by atoms with Crippen LogP contribution >= 0.6 is 7.82 Å². The van der Waals surface area contributed by atoms with Crippen LogP contribution in [0.5, 0.6) is 0 Å². The lowest BCUT2D eigenvalue weighted by Gasteiger charge is -2.21. The van der Waals surface area contributed by atoms with Gasteiger partial charge in [-0.25, -0.2) is 0 Å². The molecule has 0 aromatic heterocycles. The number of phosphoric ester groups is 1. The van der Waals surface area contributed by atoms with Crippen LogP contribution in [0.3, 0.4) is 0 Å². The molecule has 1 unspecified atom stereocenters. The van der Waals surface area contributed by atoms with Crippen LogP contribution in [-0.2, 0) is 13.9 Å². The van der Waals surface area contributed by atoms with Crippen molar-refractivity contribution in [3.05, 3.63) is 12.2 Å². The summed E-state index contributed by atoms with van der Waals surface area (Å²) in [5.41, 5.74) is 0. The highest BCUT2D eigenvalue weighted by atomic mass is 31.2. The van der Waals surface area contributed by atoms with Gasteiger partial charge in [-0.05, 0) is 25.7 Å². The second-order valence-electron chi connectivity index (χ2n) is 12.1. The summed E-state index contributed by atoms with van der Waals surface area (Å²) >= 11 is 0. The quantitative estimate of drug-likeness (QED) is 0.0391. The van der Waals surface area contributed by atoms with Gasteiger partial charge in [0, 0.05) is 6.42 Å². The van der Waals surface area contributed by atoms with E-state index in [4.69, 9.17) is 4.89 Å². The maximum absolute atomic E-state index is 12.4. The molecule has 8 heteroatoms. The fraction of sp³-hybridized carbons (Fsp3) is 0.912. The van der Waals surface area contributed by atoms with Gasteiger partial charge < -0.3 is 25.8 Å². The van der Waals surface area contributed by atoms with Crippen molar-refractivity contribution in [1.82, 2.24) is 11.5 Å². The summed E-state index contributed by atoms with van der Waals surface area (Å²) < 4.78 is 15.7. The average molecular weight is 619 g/mol. The van der Waals surface area contributed by atoms with Gasteiger partial charge >= 0.3 is 0 Å². The number of hydrogen-bond acceptors (Lipinski definition) is 4.